The van der Waals surface area contributed by atoms with E-state index in [2.05, 4.69) is 45.9 Å². The summed E-state index contributed by atoms with van der Waals surface area (Å²) in [5, 5.41) is 10.9. The summed E-state index contributed by atoms with van der Waals surface area (Å²) < 4.78 is 6.32. The van der Waals surface area contributed by atoms with Crippen molar-refractivity contribution in [3.63, 3.8) is 0 Å². The lowest BCUT2D eigenvalue weighted by Crippen LogP contribution is -2.44. The fourth-order valence-corrected chi connectivity index (χ4v) is 5.77. The van der Waals surface area contributed by atoms with Crippen molar-refractivity contribution in [1.29, 1.82) is 0 Å². The van der Waals surface area contributed by atoms with Crippen LogP contribution in [0, 0.1) is 0 Å². The fraction of sp³-hybridized carbons (Fsp3) is 0.552. The van der Waals surface area contributed by atoms with Crippen LogP contribution in [0.25, 0.3) is 0 Å². The highest BCUT2D eigenvalue weighted by Gasteiger charge is 2.28. The number of β-amino-alcohol motifs (C(OH)–C–C–N with tert-alkyl or cyclic N) is 1. The molecule has 1 fully saturated rings. The molecule has 1 N–H and O–H groups in total. The van der Waals surface area contributed by atoms with Gasteiger partial charge in [-0.15, -0.1) is 0 Å². The highest BCUT2D eigenvalue weighted by Crippen LogP contribution is 2.30. The number of likely N-dealkylation sites (N-methyl/N-ethyl adjacent to an activating group) is 1. The SMILES string of the molecule is CCN1CCC(Oc2ccc3c(c2)N(C)CCN(CC(O)CN2CCc4ccccc4C2)C3=O)CC1. The number of carbonyl (C=O) groups excluding carboxylic acids is 1. The number of ether oxygens (including phenoxy) is 1. The van der Waals surface area contributed by atoms with E-state index in [1.165, 1.54) is 11.1 Å². The molecule has 0 bridgehead atoms. The van der Waals surface area contributed by atoms with Gasteiger partial charge in [0.05, 0.1) is 17.4 Å². The standard InChI is InChI=1S/C29H40N4O3/c1-3-31-14-11-25(12-15-31)36-26-8-9-27-28(18-26)30(2)16-17-33(29(27)35)21-24(34)20-32-13-10-22-6-4-5-7-23(22)19-32/h4-9,18,24-25,34H,3,10-17,19-21H2,1-2H3. The number of likely N-dealkylation sites (tertiary alicyclic amines) is 1. The second-order valence-corrected chi connectivity index (χ2v) is 10.5. The van der Waals surface area contributed by atoms with Crippen LogP contribution in [0.5, 0.6) is 5.75 Å². The van der Waals surface area contributed by atoms with Crippen molar-refractivity contribution >= 4 is 11.6 Å². The zero-order chi connectivity index (χ0) is 25.1. The van der Waals surface area contributed by atoms with Crippen molar-refractivity contribution in [1.82, 2.24) is 14.7 Å². The Kier molecular flexibility index (Phi) is 7.79. The number of aliphatic hydroxyl groups is 1. The van der Waals surface area contributed by atoms with Gasteiger partial charge in [0, 0.05) is 65.5 Å². The van der Waals surface area contributed by atoms with Gasteiger partial charge in [-0.2, -0.15) is 0 Å². The molecular formula is C29H40N4O3. The van der Waals surface area contributed by atoms with Crippen molar-refractivity contribution in [3.05, 3.63) is 59.2 Å². The van der Waals surface area contributed by atoms with Crippen LogP contribution in [0.2, 0.25) is 0 Å². The minimum absolute atomic E-state index is 0.0137. The van der Waals surface area contributed by atoms with Gasteiger partial charge in [0.2, 0.25) is 0 Å². The molecule has 7 nitrogen and oxygen atoms in total. The number of amides is 1. The largest absolute Gasteiger partial charge is 0.490 e. The molecule has 3 aliphatic heterocycles. The average molecular weight is 493 g/mol. The van der Waals surface area contributed by atoms with Crippen LogP contribution in [0.15, 0.2) is 42.5 Å². The summed E-state index contributed by atoms with van der Waals surface area (Å²) in [4.78, 5) is 22.2. The zero-order valence-corrected chi connectivity index (χ0v) is 21.7. The maximum atomic E-state index is 13.5. The number of fused-ring (bicyclic) bond motifs is 2. The van der Waals surface area contributed by atoms with Crippen molar-refractivity contribution in [3.8, 4) is 5.75 Å². The molecule has 1 atom stereocenters. The van der Waals surface area contributed by atoms with Crippen molar-refractivity contribution in [2.24, 2.45) is 0 Å². The summed E-state index contributed by atoms with van der Waals surface area (Å²) in [6, 6.07) is 14.4. The van der Waals surface area contributed by atoms with Gasteiger partial charge in [0.1, 0.15) is 11.9 Å². The van der Waals surface area contributed by atoms with E-state index in [4.69, 9.17) is 4.74 Å². The van der Waals surface area contributed by atoms with Gasteiger partial charge in [-0.1, -0.05) is 31.2 Å². The number of piperidine rings is 1. The summed E-state index contributed by atoms with van der Waals surface area (Å²) in [6.45, 7) is 9.48. The van der Waals surface area contributed by atoms with E-state index in [1.807, 2.05) is 30.1 Å². The molecule has 0 radical (unpaired) electrons. The number of nitrogens with zero attached hydrogens (tertiary/aromatic N) is 4. The number of hydrogen-bond donors (Lipinski definition) is 1. The molecule has 2 aromatic rings. The third-order valence-corrected chi connectivity index (χ3v) is 8.00. The summed E-state index contributed by atoms with van der Waals surface area (Å²) >= 11 is 0. The quantitative estimate of drug-likeness (QED) is 0.642. The van der Waals surface area contributed by atoms with Crippen molar-refractivity contribution < 1.29 is 14.6 Å². The Balaban J connectivity index is 1.20. The van der Waals surface area contributed by atoms with E-state index in [0.29, 0.717) is 25.2 Å². The van der Waals surface area contributed by atoms with E-state index in [-0.39, 0.29) is 12.0 Å². The minimum atomic E-state index is -0.581. The molecule has 3 heterocycles. The first-order valence-corrected chi connectivity index (χ1v) is 13.5. The number of benzene rings is 2. The first-order chi connectivity index (χ1) is 17.5. The fourth-order valence-electron chi connectivity index (χ4n) is 5.77. The maximum absolute atomic E-state index is 13.5. The van der Waals surface area contributed by atoms with Gasteiger partial charge in [0.15, 0.2) is 0 Å². The number of aliphatic hydroxyl groups excluding tert-OH is 1. The molecule has 1 unspecified atom stereocenters. The summed E-state index contributed by atoms with van der Waals surface area (Å²) in [5.74, 6) is 0.822. The predicted octanol–water partition coefficient (Wildman–Crippen LogP) is 2.86. The molecule has 36 heavy (non-hydrogen) atoms. The maximum Gasteiger partial charge on any atom is 0.256 e. The van der Waals surface area contributed by atoms with Crippen LogP contribution in [0.3, 0.4) is 0 Å². The average Bonchev–Trinajstić information content (AvgIpc) is 3.01. The van der Waals surface area contributed by atoms with E-state index >= 15 is 0 Å². The lowest BCUT2D eigenvalue weighted by molar-refractivity contribution is 0.0521. The van der Waals surface area contributed by atoms with Crippen LogP contribution in [-0.4, -0.2) is 97.3 Å². The molecule has 3 aliphatic rings. The molecule has 1 saturated heterocycles. The Hall–Kier alpha value is -2.61. The lowest BCUT2D eigenvalue weighted by Gasteiger charge is -2.32. The number of carbonyl (C=O) groups is 1. The lowest BCUT2D eigenvalue weighted by atomic mass is 10.00. The monoisotopic (exact) mass is 492 g/mol. The predicted molar refractivity (Wildman–Crippen MR) is 143 cm³/mol. The van der Waals surface area contributed by atoms with Crippen LogP contribution >= 0.6 is 0 Å². The number of hydrogen-bond acceptors (Lipinski definition) is 6. The van der Waals surface area contributed by atoms with E-state index < -0.39 is 6.10 Å². The highest BCUT2D eigenvalue weighted by atomic mass is 16.5. The number of anilines is 1. The summed E-state index contributed by atoms with van der Waals surface area (Å²) in [5.41, 5.74) is 4.34. The van der Waals surface area contributed by atoms with Gasteiger partial charge < -0.3 is 24.5 Å². The Morgan fingerprint density at radius 2 is 1.75 bits per heavy atom. The number of rotatable bonds is 7. The third kappa shape index (κ3) is 5.69. The van der Waals surface area contributed by atoms with E-state index in [0.717, 1.165) is 70.0 Å². The van der Waals surface area contributed by atoms with Crippen LogP contribution in [0.1, 0.15) is 41.3 Å². The molecule has 2 aromatic carbocycles. The molecule has 1 amide bonds. The molecular weight excluding hydrogens is 452 g/mol. The normalized spacial score (nSPS) is 20.6. The topological polar surface area (TPSA) is 59.5 Å². The Labute approximate surface area is 215 Å². The van der Waals surface area contributed by atoms with Crippen LogP contribution in [0.4, 0.5) is 5.69 Å². The van der Waals surface area contributed by atoms with Crippen LogP contribution in [-0.2, 0) is 13.0 Å². The third-order valence-electron chi connectivity index (χ3n) is 8.00. The van der Waals surface area contributed by atoms with Gasteiger partial charge in [0.25, 0.3) is 5.91 Å². The van der Waals surface area contributed by atoms with Gasteiger partial charge >= 0.3 is 0 Å². The Morgan fingerprint density at radius 3 is 2.53 bits per heavy atom. The molecule has 194 valence electrons. The van der Waals surface area contributed by atoms with E-state index in [9.17, 15) is 9.90 Å². The van der Waals surface area contributed by atoms with E-state index in [1.54, 1.807) is 0 Å². The van der Waals surface area contributed by atoms with Gasteiger partial charge in [-0.05, 0) is 49.1 Å². The molecule has 5 rings (SSSR count). The minimum Gasteiger partial charge on any atom is -0.490 e. The molecule has 0 aromatic heterocycles. The van der Waals surface area contributed by atoms with Gasteiger partial charge in [-0.25, -0.2) is 0 Å². The zero-order valence-electron chi connectivity index (χ0n) is 21.7. The first kappa shape index (κ1) is 25.1. The Morgan fingerprint density at radius 1 is 0.972 bits per heavy atom. The summed E-state index contributed by atoms with van der Waals surface area (Å²) in [6.07, 6.45) is 2.72. The highest BCUT2D eigenvalue weighted by molar-refractivity contribution is 6.00. The second-order valence-electron chi connectivity index (χ2n) is 10.5. The molecule has 0 spiro atoms. The summed E-state index contributed by atoms with van der Waals surface area (Å²) in [7, 11) is 2.03. The molecule has 0 saturated carbocycles. The second kappa shape index (κ2) is 11.2. The van der Waals surface area contributed by atoms with Crippen molar-refractivity contribution in [2.75, 3.05) is 64.3 Å². The van der Waals surface area contributed by atoms with Gasteiger partial charge in [-0.3, -0.25) is 9.69 Å². The molecule has 0 aliphatic carbocycles. The van der Waals surface area contributed by atoms with Crippen LogP contribution < -0.4 is 9.64 Å². The first-order valence-electron chi connectivity index (χ1n) is 13.5. The molecule has 7 heteroatoms. The smallest absolute Gasteiger partial charge is 0.256 e. The Bertz CT molecular complexity index is 1050. The van der Waals surface area contributed by atoms with Crippen molar-refractivity contribution in [2.45, 2.75) is 44.9 Å².